The molecule has 1 aromatic carbocycles. The predicted octanol–water partition coefficient (Wildman–Crippen LogP) is 1.62. The summed E-state index contributed by atoms with van der Waals surface area (Å²) in [6.07, 6.45) is -4.63. The molecular formula is C13H16F3NO3. The zero-order valence-corrected chi connectivity index (χ0v) is 11.0. The number of amides is 1. The summed E-state index contributed by atoms with van der Waals surface area (Å²) in [5.74, 6) is -0.0785. The Labute approximate surface area is 114 Å². The first-order chi connectivity index (χ1) is 9.35. The third kappa shape index (κ3) is 5.48. The van der Waals surface area contributed by atoms with Gasteiger partial charge in [-0.15, -0.1) is 0 Å². The van der Waals surface area contributed by atoms with Crippen molar-refractivity contribution in [2.24, 2.45) is 0 Å². The number of aliphatic hydroxyl groups excluding tert-OH is 1. The molecule has 0 atom stereocenters. The largest absolute Gasteiger partial charge is 0.497 e. The van der Waals surface area contributed by atoms with Crippen LogP contribution in [0.25, 0.3) is 0 Å². The minimum Gasteiger partial charge on any atom is -0.497 e. The molecule has 0 radical (unpaired) electrons. The smallest absolute Gasteiger partial charge is 0.406 e. The van der Waals surface area contributed by atoms with Gasteiger partial charge in [-0.05, 0) is 17.7 Å². The SMILES string of the molecule is COc1ccc(CC(=O)N(CCO)CC(F)(F)F)cc1. The lowest BCUT2D eigenvalue weighted by molar-refractivity contribution is -0.161. The molecule has 20 heavy (non-hydrogen) atoms. The van der Waals surface area contributed by atoms with Crippen molar-refractivity contribution in [1.82, 2.24) is 4.90 Å². The van der Waals surface area contributed by atoms with Crippen molar-refractivity contribution in [1.29, 1.82) is 0 Å². The second kappa shape index (κ2) is 7.14. The van der Waals surface area contributed by atoms with E-state index >= 15 is 0 Å². The number of halogens is 3. The highest BCUT2D eigenvalue weighted by Crippen LogP contribution is 2.18. The molecule has 0 bridgehead atoms. The van der Waals surface area contributed by atoms with Crippen LogP contribution in [0.3, 0.4) is 0 Å². The molecule has 1 aromatic rings. The second-order valence-corrected chi connectivity index (χ2v) is 4.18. The molecule has 1 amide bonds. The van der Waals surface area contributed by atoms with E-state index in [1.165, 1.54) is 7.11 Å². The third-order valence-electron chi connectivity index (χ3n) is 2.61. The fourth-order valence-corrected chi connectivity index (χ4v) is 1.66. The van der Waals surface area contributed by atoms with Gasteiger partial charge in [0.1, 0.15) is 12.3 Å². The van der Waals surface area contributed by atoms with E-state index in [9.17, 15) is 18.0 Å². The van der Waals surface area contributed by atoms with Crippen LogP contribution in [0.4, 0.5) is 13.2 Å². The van der Waals surface area contributed by atoms with Gasteiger partial charge in [0.15, 0.2) is 0 Å². The first-order valence-corrected chi connectivity index (χ1v) is 5.94. The van der Waals surface area contributed by atoms with Gasteiger partial charge in [0.25, 0.3) is 0 Å². The van der Waals surface area contributed by atoms with Gasteiger partial charge in [-0.25, -0.2) is 0 Å². The average Bonchev–Trinajstić information content (AvgIpc) is 2.37. The highest BCUT2D eigenvalue weighted by molar-refractivity contribution is 5.78. The Bertz CT molecular complexity index is 431. The molecule has 0 aliphatic heterocycles. The van der Waals surface area contributed by atoms with E-state index in [1.54, 1.807) is 24.3 Å². The van der Waals surface area contributed by atoms with Crippen LogP contribution in [0.5, 0.6) is 5.75 Å². The first-order valence-electron chi connectivity index (χ1n) is 5.94. The molecule has 112 valence electrons. The van der Waals surface area contributed by atoms with Crippen molar-refractivity contribution in [2.75, 3.05) is 26.8 Å². The molecule has 0 aromatic heterocycles. The molecule has 0 aliphatic rings. The van der Waals surface area contributed by atoms with E-state index in [0.717, 1.165) is 0 Å². The van der Waals surface area contributed by atoms with Gasteiger partial charge in [-0.1, -0.05) is 12.1 Å². The van der Waals surface area contributed by atoms with E-state index in [4.69, 9.17) is 9.84 Å². The summed E-state index contributed by atoms with van der Waals surface area (Å²) < 4.78 is 42.0. The summed E-state index contributed by atoms with van der Waals surface area (Å²) in [6.45, 7) is -2.21. The summed E-state index contributed by atoms with van der Waals surface area (Å²) in [6, 6.07) is 6.48. The van der Waals surface area contributed by atoms with Gasteiger partial charge in [0.05, 0.1) is 20.1 Å². The Morgan fingerprint density at radius 1 is 1.30 bits per heavy atom. The monoisotopic (exact) mass is 291 g/mol. The van der Waals surface area contributed by atoms with E-state index in [1.807, 2.05) is 0 Å². The van der Waals surface area contributed by atoms with Crippen LogP contribution in [0.2, 0.25) is 0 Å². The van der Waals surface area contributed by atoms with Crippen molar-refractivity contribution >= 4 is 5.91 Å². The van der Waals surface area contributed by atoms with Crippen molar-refractivity contribution in [3.63, 3.8) is 0 Å². The molecule has 1 N–H and O–H groups in total. The van der Waals surface area contributed by atoms with E-state index in [-0.39, 0.29) is 13.0 Å². The first kappa shape index (κ1) is 16.3. The second-order valence-electron chi connectivity index (χ2n) is 4.18. The molecule has 7 heteroatoms. The fraction of sp³-hybridized carbons (Fsp3) is 0.462. The van der Waals surface area contributed by atoms with Gasteiger partial charge >= 0.3 is 6.18 Å². The molecule has 1 rings (SSSR count). The lowest BCUT2D eigenvalue weighted by Gasteiger charge is -2.23. The Kier molecular flexibility index (Phi) is 5.82. The van der Waals surface area contributed by atoms with Crippen LogP contribution in [-0.4, -0.2) is 48.9 Å². The topological polar surface area (TPSA) is 49.8 Å². The summed E-state index contributed by atoms with van der Waals surface area (Å²) >= 11 is 0. The summed E-state index contributed by atoms with van der Waals surface area (Å²) in [4.78, 5) is 12.4. The standard InChI is InChI=1S/C13H16F3NO3/c1-20-11-4-2-10(3-5-11)8-12(19)17(6-7-18)9-13(14,15)16/h2-5,18H,6-9H2,1H3. The maximum absolute atomic E-state index is 12.3. The Morgan fingerprint density at radius 2 is 1.90 bits per heavy atom. The number of ether oxygens (including phenoxy) is 1. The third-order valence-corrected chi connectivity index (χ3v) is 2.61. The number of benzene rings is 1. The van der Waals surface area contributed by atoms with Crippen LogP contribution in [-0.2, 0) is 11.2 Å². The number of hydrogen-bond donors (Lipinski definition) is 1. The lowest BCUT2D eigenvalue weighted by atomic mass is 10.1. The van der Waals surface area contributed by atoms with Gasteiger partial charge in [0, 0.05) is 6.54 Å². The predicted molar refractivity (Wildman–Crippen MR) is 66.4 cm³/mol. The Morgan fingerprint density at radius 3 is 2.35 bits per heavy atom. The maximum atomic E-state index is 12.3. The van der Waals surface area contributed by atoms with Crippen molar-refractivity contribution < 1.29 is 27.8 Å². The van der Waals surface area contributed by atoms with Crippen LogP contribution in [0.1, 0.15) is 5.56 Å². The number of nitrogens with zero attached hydrogens (tertiary/aromatic N) is 1. The normalized spacial score (nSPS) is 11.2. The molecule has 0 heterocycles. The number of methoxy groups -OCH3 is 1. The van der Waals surface area contributed by atoms with Gasteiger partial charge in [-0.3, -0.25) is 4.79 Å². The highest BCUT2D eigenvalue weighted by Gasteiger charge is 2.32. The molecule has 0 spiro atoms. The van der Waals surface area contributed by atoms with Crippen molar-refractivity contribution in [3.8, 4) is 5.75 Å². The minimum absolute atomic E-state index is 0.153. The van der Waals surface area contributed by atoms with Gasteiger partial charge in [0.2, 0.25) is 5.91 Å². The summed E-state index contributed by atoms with van der Waals surface area (Å²) in [5, 5.41) is 8.74. The molecule has 0 fully saturated rings. The van der Waals surface area contributed by atoms with Crippen LogP contribution < -0.4 is 4.74 Å². The zero-order valence-electron chi connectivity index (χ0n) is 11.0. The number of carbonyl (C=O) groups excluding carboxylic acids is 1. The number of hydrogen-bond acceptors (Lipinski definition) is 3. The van der Waals surface area contributed by atoms with Crippen molar-refractivity contribution in [2.45, 2.75) is 12.6 Å². The minimum atomic E-state index is -4.48. The Balaban J connectivity index is 2.69. The summed E-state index contributed by atoms with van der Waals surface area (Å²) in [7, 11) is 1.49. The molecular weight excluding hydrogens is 275 g/mol. The van der Waals surface area contributed by atoms with E-state index < -0.39 is 25.2 Å². The van der Waals surface area contributed by atoms with Gasteiger partial charge < -0.3 is 14.7 Å². The molecule has 0 aliphatic carbocycles. The van der Waals surface area contributed by atoms with E-state index in [2.05, 4.69) is 0 Å². The highest BCUT2D eigenvalue weighted by atomic mass is 19.4. The fourth-order valence-electron chi connectivity index (χ4n) is 1.66. The molecule has 0 saturated carbocycles. The Hall–Kier alpha value is -1.76. The quantitative estimate of drug-likeness (QED) is 0.866. The lowest BCUT2D eigenvalue weighted by Crippen LogP contribution is -2.41. The molecule has 4 nitrogen and oxygen atoms in total. The van der Waals surface area contributed by atoms with Gasteiger partial charge in [-0.2, -0.15) is 13.2 Å². The van der Waals surface area contributed by atoms with Crippen LogP contribution >= 0.6 is 0 Å². The van der Waals surface area contributed by atoms with Crippen LogP contribution in [0, 0.1) is 0 Å². The molecule has 0 saturated heterocycles. The average molecular weight is 291 g/mol. The molecule has 0 unspecified atom stereocenters. The summed E-state index contributed by atoms with van der Waals surface area (Å²) in [5.41, 5.74) is 0.584. The van der Waals surface area contributed by atoms with E-state index in [0.29, 0.717) is 16.2 Å². The number of carbonyl (C=O) groups is 1. The zero-order chi connectivity index (χ0) is 15.2. The van der Waals surface area contributed by atoms with Crippen LogP contribution in [0.15, 0.2) is 24.3 Å². The number of alkyl halides is 3. The van der Waals surface area contributed by atoms with Crippen molar-refractivity contribution in [3.05, 3.63) is 29.8 Å². The number of aliphatic hydroxyl groups is 1. The maximum Gasteiger partial charge on any atom is 0.406 e. The number of rotatable bonds is 6.